The minimum absolute atomic E-state index is 0.00253. The number of anilines is 2. The summed E-state index contributed by atoms with van der Waals surface area (Å²) in [7, 11) is 0. The molecule has 0 radical (unpaired) electrons. The molecule has 2 heterocycles. The number of fused-ring (bicyclic) bond motifs is 1. The summed E-state index contributed by atoms with van der Waals surface area (Å²) >= 11 is 0. The van der Waals surface area contributed by atoms with Gasteiger partial charge < -0.3 is 15.8 Å². The van der Waals surface area contributed by atoms with Crippen LogP contribution in [0.25, 0.3) is 22.2 Å². The molecule has 1 amide bonds. The Morgan fingerprint density at radius 2 is 1.92 bits per heavy atom. The van der Waals surface area contributed by atoms with Gasteiger partial charge in [0.15, 0.2) is 5.82 Å². The number of hydrazine groups is 1. The number of rotatable bonds is 9. The van der Waals surface area contributed by atoms with Crippen LogP contribution >= 0.6 is 0 Å². The fourth-order valence-corrected chi connectivity index (χ4v) is 3.68. The zero-order chi connectivity index (χ0) is 27.3. The topological polar surface area (TPSA) is 134 Å². The van der Waals surface area contributed by atoms with Crippen LogP contribution in [0.2, 0.25) is 0 Å². The average Bonchev–Trinajstić information content (AvgIpc) is 2.91. The second kappa shape index (κ2) is 11.4. The van der Waals surface area contributed by atoms with Gasteiger partial charge in [0.1, 0.15) is 5.82 Å². The maximum atomic E-state index is 14.6. The minimum Gasteiger partial charge on any atom is -0.394 e. The molecule has 0 saturated carbocycles. The van der Waals surface area contributed by atoms with Gasteiger partial charge in [0, 0.05) is 35.3 Å². The number of hydrogen-bond donors (Lipinski definition) is 5. The summed E-state index contributed by atoms with van der Waals surface area (Å²) < 4.78 is 56.0. The van der Waals surface area contributed by atoms with Crippen molar-refractivity contribution in [3.05, 3.63) is 83.3 Å². The standard InChI is InChI=1S/C25H22F4N6O3/c26-19-12-22-14(2-1-7-31-22)10-16(19)13-32-23-21(34-30)6-5-20(33-23)15-3-4-17(18(11-15)25(27,28)29)24(37)35-38-9-8-36/h1-7,10-12,34,36H,8-9,13,30H2,(H,32,33)(H,35,37). The van der Waals surface area contributed by atoms with E-state index in [9.17, 15) is 22.4 Å². The molecular formula is C25H22F4N6O3. The molecule has 198 valence electrons. The molecule has 0 saturated heterocycles. The lowest BCUT2D eigenvalue weighted by molar-refractivity contribution is -0.138. The lowest BCUT2D eigenvalue weighted by atomic mass is 10.0. The van der Waals surface area contributed by atoms with Crippen molar-refractivity contribution in [3.63, 3.8) is 0 Å². The molecule has 2 aromatic carbocycles. The number of aliphatic hydroxyl groups excluding tert-OH is 1. The highest BCUT2D eigenvalue weighted by atomic mass is 19.4. The quantitative estimate of drug-likeness (QED) is 0.0949. The van der Waals surface area contributed by atoms with Crippen LogP contribution in [0.4, 0.5) is 29.1 Å². The molecule has 0 spiro atoms. The number of carbonyl (C=O) groups is 1. The molecule has 13 heteroatoms. The number of aliphatic hydroxyl groups is 1. The zero-order valence-electron chi connectivity index (χ0n) is 19.6. The highest BCUT2D eigenvalue weighted by Gasteiger charge is 2.36. The first-order valence-electron chi connectivity index (χ1n) is 11.2. The van der Waals surface area contributed by atoms with Gasteiger partial charge in [-0.2, -0.15) is 13.2 Å². The molecule has 0 unspecified atom stereocenters. The summed E-state index contributed by atoms with van der Waals surface area (Å²) in [5, 5.41) is 12.4. The molecule has 4 aromatic rings. The van der Waals surface area contributed by atoms with Gasteiger partial charge in [0.2, 0.25) is 0 Å². The molecule has 0 atom stereocenters. The maximum Gasteiger partial charge on any atom is 0.417 e. The van der Waals surface area contributed by atoms with E-state index >= 15 is 0 Å². The molecule has 6 N–H and O–H groups in total. The molecular weight excluding hydrogens is 508 g/mol. The first-order chi connectivity index (χ1) is 18.2. The number of nitrogen functional groups attached to an aromatic ring is 1. The number of nitrogens with one attached hydrogen (secondary N) is 3. The number of aromatic nitrogens is 2. The second-order valence-electron chi connectivity index (χ2n) is 7.99. The van der Waals surface area contributed by atoms with E-state index in [1.807, 2.05) is 5.48 Å². The number of halogens is 4. The van der Waals surface area contributed by atoms with Crippen LogP contribution in [-0.4, -0.2) is 34.2 Å². The normalized spacial score (nSPS) is 11.4. The fraction of sp³-hybridized carbons (Fsp3) is 0.160. The van der Waals surface area contributed by atoms with Crippen LogP contribution in [-0.2, 0) is 17.6 Å². The van der Waals surface area contributed by atoms with Crippen molar-refractivity contribution in [2.24, 2.45) is 5.84 Å². The number of amides is 1. The third kappa shape index (κ3) is 5.96. The van der Waals surface area contributed by atoms with Crippen molar-refractivity contribution in [1.82, 2.24) is 15.4 Å². The lowest BCUT2D eigenvalue weighted by Crippen LogP contribution is -2.27. The van der Waals surface area contributed by atoms with Gasteiger partial charge in [-0.25, -0.2) is 14.9 Å². The summed E-state index contributed by atoms with van der Waals surface area (Å²) in [4.78, 5) is 25.3. The van der Waals surface area contributed by atoms with Gasteiger partial charge in [-0.1, -0.05) is 12.1 Å². The van der Waals surface area contributed by atoms with E-state index in [2.05, 4.69) is 25.5 Å². The Kier molecular flexibility index (Phi) is 8.00. The lowest BCUT2D eigenvalue weighted by Gasteiger charge is -2.16. The van der Waals surface area contributed by atoms with Crippen molar-refractivity contribution in [2.45, 2.75) is 12.7 Å². The smallest absolute Gasteiger partial charge is 0.394 e. The van der Waals surface area contributed by atoms with Gasteiger partial charge in [0.05, 0.1) is 41.2 Å². The van der Waals surface area contributed by atoms with E-state index in [0.29, 0.717) is 16.8 Å². The largest absolute Gasteiger partial charge is 0.417 e. The van der Waals surface area contributed by atoms with Gasteiger partial charge in [0.25, 0.3) is 5.91 Å². The highest BCUT2D eigenvalue weighted by molar-refractivity contribution is 5.96. The van der Waals surface area contributed by atoms with Crippen LogP contribution in [0.15, 0.2) is 60.8 Å². The first kappa shape index (κ1) is 26.7. The summed E-state index contributed by atoms with van der Waals surface area (Å²) in [6.07, 6.45) is -3.30. The van der Waals surface area contributed by atoms with Crippen LogP contribution in [0.1, 0.15) is 21.5 Å². The van der Waals surface area contributed by atoms with E-state index in [1.165, 1.54) is 24.3 Å². The van der Waals surface area contributed by atoms with Crippen molar-refractivity contribution < 1.29 is 32.3 Å². The Labute approximate surface area is 213 Å². The fourth-order valence-electron chi connectivity index (χ4n) is 3.68. The van der Waals surface area contributed by atoms with Crippen molar-refractivity contribution >= 4 is 28.3 Å². The maximum absolute atomic E-state index is 14.6. The molecule has 38 heavy (non-hydrogen) atoms. The molecule has 0 aliphatic rings. The van der Waals surface area contributed by atoms with Gasteiger partial charge in [-0.15, -0.1) is 0 Å². The Bertz CT molecular complexity index is 1470. The monoisotopic (exact) mass is 530 g/mol. The number of hydrogen-bond acceptors (Lipinski definition) is 8. The van der Waals surface area contributed by atoms with Crippen molar-refractivity contribution in [2.75, 3.05) is 24.0 Å². The molecule has 9 nitrogen and oxygen atoms in total. The van der Waals surface area contributed by atoms with Gasteiger partial charge in [-0.05, 0) is 36.4 Å². The number of nitrogens with zero attached hydrogens (tertiary/aromatic N) is 2. The Balaban J connectivity index is 1.64. The number of pyridine rings is 2. The summed E-state index contributed by atoms with van der Waals surface area (Å²) in [5.74, 6) is 4.12. The Morgan fingerprint density at radius 1 is 1.11 bits per heavy atom. The molecule has 2 aromatic heterocycles. The Morgan fingerprint density at radius 3 is 2.66 bits per heavy atom. The number of nitrogens with two attached hydrogens (primary N) is 1. The first-order valence-corrected chi connectivity index (χ1v) is 11.2. The Hall–Kier alpha value is -4.33. The minimum atomic E-state index is -4.86. The van der Waals surface area contributed by atoms with Gasteiger partial charge in [-0.3, -0.25) is 20.5 Å². The van der Waals surface area contributed by atoms with E-state index < -0.39 is 35.6 Å². The van der Waals surface area contributed by atoms with Gasteiger partial charge >= 0.3 is 6.18 Å². The number of hydroxylamine groups is 1. The van der Waals surface area contributed by atoms with Crippen LogP contribution < -0.4 is 22.1 Å². The number of benzene rings is 2. The van der Waals surface area contributed by atoms with Crippen LogP contribution in [0, 0.1) is 5.82 Å². The van der Waals surface area contributed by atoms with E-state index in [1.54, 1.807) is 24.4 Å². The molecule has 0 fully saturated rings. The number of carbonyl (C=O) groups excluding carboxylic acids is 1. The SMILES string of the molecule is NNc1ccc(-c2ccc(C(=O)NOCCO)c(C(F)(F)F)c2)nc1NCc1cc2cccnc2cc1F. The summed E-state index contributed by atoms with van der Waals surface area (Å²) in [6.45, 7) is -0.708. The summed E-state index contributed by atoms with van der Waals surface area (Å²) in [6, 6.07) is 12.5. The predicted octanol–water partition coefficient (Wildman–Crippen LogP) is 4.01. The van der Waals surface area contributed by atoms with Crippen molar-refractivity contribution in [3.8, 4) is 11.3 Å². The van der Waals surface area contributed by atoms with E-state index in [4.69, 9.17) is 10.9 Å². The third-order valence-electron chi connectivity index (χ3n) is 5.49. The molecule has 4 rings (SSSR count). The molecule has 0 aliphatic carbocycles. The summed E-state index contributed by atoms with van der Waals surface area (Å²) in [5.41, 5.74) is 3.79. The third-order valence-corrected chi connectivity index (χ3v) is 5.49. The van der Waals surface area contributed by atoms with Crippen LogP contribution in [0.5, 0.6) is 0 Å². The number of alkyl halides is 3. The molecule has 0 bridgehead atoms. The van der Waals surface area contributed by atoms with Crippen molar-refractivity contribution in [1.29, 1.82) is 0 Å². The second-order valence-corrected chi connectivity index (χ2v) is 7.99. The van der Waals surface area contributed by atoms with Crippen LogP contribution in [0.3, 0.4) is 0 Å². The van der Waals surface area contributed by atoms with E-state index in [0.717, 1.165) is 17.5 Å². The zero-order valence-corrected chi connectivity index (χ0v) is 19.6. The predicted molar refractivity (Wildman–Crippen MR) is 132 cm³/mol. The molecule has 0 aliphatic heterocycles. The highest BCUT2D eigenvalue weighted by Crippen LogP contribution is 2.35. The average molecular weight is 530 g/mol. The van der Waals surface area contributed by atoms with E-state index in [-0.39, 0.29) is 30.2 Å².